The lowest BCUT2D eigenvalue weighted by Crippen LogP contribution is -2.31. The molecule has 0 fully saturated rings. The first kappa shape index (κ1) is 14.9. The summed E-state index contributed by atoms with van der Waals surface area (Å²) in [6.45, 7) is 4.53. The van der Waals surface area contributed by atoms with Gasteiger partial charge in [0.15, 0.2) is 0 Å². The predicted octanol–water partition coefficient (Wildman–Crippen LogP) is 2.17. The van der Waals surface area contributed by atoms with Gasteiger partial charge in [0.05, 0.1) is 24.0 Å². The summed E-state index contributed by atoms with van der Waals surface area (Å²) in [5.74, 6) is -0.917. The molecule has 0 aliphatic carbocycles. The lowest BCUT2D eigenvalue weighted by Gasteiger charge is -2.21. The summed E-state index contributed by atoms with van der Waals surface area (Å²) in [6.07, 6.45) is 0.991. The second-order valence-corrected chi connectivity index (χ2v) is 4.68. The van der Waals surface area contributed by atoms with Crippen molar-refractivity contribution in [1.82, 2.24) is 14.9 Å². The zero-order chi connectivity index (χ0) is 15.4. The average Bonchev–Trinajstić information content (AvgIpc) is 2.46. The van der Waals surface area contributed by atoms with E-state index in [9.17, 15) is 9.18 Å². The molecule has 0 saturated carbocycles. The molecule has 21 heavy (non-hydrogen) atoms. The quantitative estimate of drug-likeness (QED) is 0.936. The Balaban J connectivity index is 2.24. The molecule has 0 spiro atoms. The largest absolute Gasteiger partial charge is 0.383 e. The van der Waals surface area contributed by atoms with Gasteiger partial charge in [-0.3, -0.25) is 9.78 Å². The molecule has 0 radical (unpaired) electrons. The molecule has 5 nitrogen and oxygen atoms in total. The van der Waals surface area contributed by atoms with E-state index in [1.54, 1.807) is 4.90 Å². The summed E-state index contributed by atoms with van der Waals surface area (Å²) >= 11 is 0. The highest BCUT2D eigenvalue weighted by atomic mass is 19.1. The van der Waals surface area contributed by atoms with Crippen molar-refractivity contribution in [2.24, 2.45) is 0 Å². The van der Waals surface area contributed by atoms with E-state index in [0.29, 0.717) is 13.1 Å². The van der Waals surface area contributed by atoms with E-state index >= 15 is 0 Å². The molecule has 0 aromatic carbocycles. The van der Waals surface area contributed by atoms with Gasteiger partial charge < -0.3 is 10.6 Å². The van der Waals surface area contributed by atoms with Crippen molar-refractivity contribution in [1.29, 1.82) is 0 Å². The Bertz CT molecular complexity index is 660. The molecule has 6 heteroatoms. The van der Waals surface area contributed by atoms with Crippen LogP contribution in [0.4, 0.5) is 10.2 Å². The number of nitrogens with two attached hydrogens (primary N) is 1. The third-order valence-electron chi connectivity index (χ3n) is 3.08. The average molecular weight is 288 g/mol. The minimum Gasteiger partial charge on any atom is -0.383 e. The van der Waals surface area contributed by atoms with Gasteiger partial charge in [-0.1, -0.05) is 6.07 Å². The number of carbonyl (C=O) groups is 1. The number of anilines is 1. The third kappa shape index (κ3) is 3.53. The standard InChI is InChI=1S/C15H17FN4O/c1-3-20(9-12-6-4-5-10(2)19-12)15(21)13-7-11(16)8-18-14(13)17/h4-8H,3,9H2,1-2H3,(H2,17,18). The summed E-state index contributed by atoms with van der Waals surface area (Å²) in [5, 5.41) is 0. The highest BCUT2D eigenvalue weighted by molar-refractivity contribution is 5.98. The van der Waals surface area contributed by atoms with Crippen LogP contribution in [0.3, 0.4) is 0 Å². The second-order valence-electron chi connectivity index (χ2n) is 4.68. The van der Waals surface area contributed by atoms with Crippen LogP contribution in [0.2, 0.25) is 0 Å². The summed E-state index contributed by atoms with van der Waals surface area (Å²) < 4.78 is 13.3. The number of pyridine rings is 2. The van der Waals surface area contributed by atoms with Gasteiger partial charge in [-0.05, 0) is 32.0 Å². The number of hydrogen-bond acceptors (Lipinski definition) is 4. The van der Waals surface area contributed by atoms with Gasteiger partial charge in [0, 0.05) is 12.2 Å². The lowest BCUT2D eigenvalue weighted by molar-refractivity contribution is 0.0750. The zero-order valence-electron chi connectivity index (χ0n) is 12.0. The van der Waals surface area contributed by atoms with E-state index in [0.717, 1.165) is 23.7 Å². The van der Waals surface area contributed by atoms with Crippen LogP contribution >= 0.6 is 0 Å². The first-order valence-corrected chi connectivity index (χ1v) is 6.64. The Hall–Kier alpha value is -2.50. The van der Waals surface area contributed by atoms with Gasteiger partial charge in [0.25, 0.3) is 5.91 Å². The van der Waals surface area contributed by atoms with Crippen LogP contribution in [0.15, 0.2) is 30.5 Å². The first-order chi connectivity index (χ1) is 10.0. The molecule has 2 aromatic heterocycles. The molecule has 2 heterocycles. The number of nitrogen functional groups attached to an aromatic ring is 1. The number of hydrogen-bond donors (Lipinski definition) is 1. The van der Waals surface area contributed by atoms with Gasteiger partial charge in [-0.2, -0.15) is 0 Å². The van der Waals surface area contributed by atoms with Crippen molar-refractivity contribution in [3.8, 4) is 0 Å². The molecular weight excluding hydrogens is 271 g/mol. The monoisotopic (exact) mass is 288 g/mol. The fourth-order valence-electron chi connectivity index (χ4n) is 2.00. The number of aryl methyl sites for hydroxylation is 1. The van der Waals surface area contributed by atoms with Crippen LogP contribution in [-0.4, -0.2) is 27.3 Å². The molecule has 0 saturated heterocycles. The minimum atomic E-state index is -0.586. The Labute approximate surface area is 122 Å². The van der Waals surface area contributed by atoms with Crippen molar-refractivity contribution in [3.63, 3.8) is 0 Å². The maximum Gasteiger partial charge on any atom is 0.258 e. The number of carbonyl (C=O) groups excluding carboxylic acids is 1. The summed E-state index contributed by atoms with van der Waals surface area (Å²) in [5.41, 5.74) is 7.38. The molecule has 0 aliphatic heterocycles. The molecule has 1 amide bonds. The molecule has 0 aliphatic rings. The molecule has 2 aromatic rings. The predicted molar refractivity (Wildman–Crippen MR) is 78.0 cm³/mol. The van der Waals surface area contributed by atoms with E-state index in [-0.39, 0.29) is 17.3 Å². The van der Waals surface area contributed by atoms with E-state index in [1.165, 1.54) is 0 Å². The fraction of sp³-hybridized carbons (Fsp3) is 0.267. The van der Waals surface area contributed by atoms with E-state index < -0.39 is 5.82 Å². The Kier molecular flexibility index (Phi) is 4.47. The third-order valence-corrected chi connectivity index (χ3v) is 3.08. The van der Waals surface area contributed by atoms with Crippen LogP contribution in [0, 0.1) is 12.7 Å². The number of rotatable bonds is 4. The number of nitrogens with zero attached hydrogens (tertiary/aromatic N) is 3. The molecule has 0 bridgehead atoms. The number of halogens is 1. The Morgan fingerprint density at radius 2 is 2.19 bits per heavy atom. The molecule has 2 rings (SSSR count). The normalized spacial score (nSPS) is 10.4. The summed E-state index contributed by atoms with van der Waals surface area (Å²) in [6, 6.07) is 6.72. The first-order valence-electron chi connectivity index (χ1n) is 6.64. The molecular formula is C15H17FN4O. The molecule has 2 N–H and O–H groups in total. The Morgan fingerprint density at radius 3 is 2.86 bits per heavy atom. The maximum absolute atomic E-state index is 13.3. The van der Waals surface area contributed by atoms with Crippen molar-refractivity contribution < 1.29 is 9.18 Å². The van der Waals surface area contributed by atoms with Crippen molar-refractivity contribution >= 4 is 11.7 Å². The summed E-state index contributed by atoms with van der Waals surface area (Å²) in [4.78, 5) is 22.0. The smallest absolute Gasteiger partial charge is 0.258 e. The topological polar surface area (TPSA) is 72.1 Å². The highest BCUT2D eigenvalue weighted by Crippen LogP contribution is 2.15. The Morgan fingerprint density at radius 1 is 1.43 bits per heavy atom. The second kappa shape index (κ2) is 6.30. The van der Waals surface area contributed by atoms with Crippen LogP contribution in [-0.2, 0) is 6.54 Å². The number of amides is 1. The van der Waals surface area contributed by atoms with Crippen molar-refractivity contribution in [2.75, 3.05) is 12.3 Å². The number of aromatic nitrogens is 2. The van der Waals surface area contributed by atoms with Gasteiger partial charge in [-0.15, -0.1) is 0 Å². The van der Waals surface area contributed by atoms with Crippen molar-refractivity contribution in [2.45, 2.75) is 20.4 Å². The highest BCUT2D eigenvalue weighted by Gasteiger charge is 2.19. The van der Waals surface area contributed by atoms with E-state index in [4.69, 9.17) is 5.73 Å². The van der Waals surface area contributed by atoms with Crippen LogP contribution in [0.1, 0.15) is 28.7 Å². The van der Waals surface area contributed by atoms with Crippen LogP contribution in [0.5, 0.6) is 0 Å². The lowest BCUT2D eigenvalue weighted by atomic mass is 10.2. The molecule has 110 valence electrons. The SMILES string of the molecule is CCN(Cc1cccc(C)n1)C(=O)c1cc(F)cnc1N. The minimum absolute atomic E-state index is 0.0250. The van der Waals surface area contributed by atoms with Crippen LogP contribution in [0.25, 0.3) is 0 Å². The molecule has 0 atom stereocenters. The van der Waals surface area contributed by atoms with E-state index in [1.807, 2.05) is 32.0 Å². The van der Waals surface area contributed by atoms with Crippen LogP contribution < -0.4 is 5.73 Å². The van der Waals surface area contributed by atoms with Gasteiger partial charge in [0.2, 0.25) is 0 Å². The molecule has 0 unspecified atom stereocenters. The zero-order valence-corrected chi connectivity index (χ0v) is 12.0. The van der Waals surface area contributed by atoms with Gasteiger partial charge >= 0.3 is 0 Å². The summed E-state index contributed by atoms with van der Waals surface area (Å²) in [7, 11) is 0. The van der Waals surface area contributed by atoms with Gasteiger partial charge in [0.1, 0.15) is 11.6 Å². The van der Waals surface area contributed by atoms with Gasteiger partial charge in [-0.25, -0.2) is 9.37 Å². The maximum atomic E-state index is 13.3. The van der Waals surface area contributed by atoms with E-state index in [2.05, 4.69) is 9.97 Å². The fourth-order valence-corrected chi connectivity index (χ4v) is 2.00. The van der Waals surface area contributed by atoms with Crippen molar-refractivity contribution in [3.05, 3.63) is 53.2 Å².